The number of aryl methyl sites for hydroxylation is 1. The first-order valence-electron chi connectivity index (χ1n) is 6.83. The quantitative estimate of drug-likeness (QED) is 0.719. The van der Waals surface area contributed by atoms with Crippen LogP contribution in [0.2, 0.25) is 0 Å². The van der Waals surface area contributed by atoms with Crippen LogP contribution < -0.4 is 10.6 Å². The van der Waals surface area contributed by atoms with Gasteiger partial charge in [0.1, 0.15) is 5.76 Å². The second kappa shape index (κ2) is 6.62. The van der Waals surface area contributed by atoms with E-state index >= 15 is 0 Å². The summed E-state index contributed by atoms with van der Waals surface area (Å²) in [7, 11) is 0. The average Bonchev–Trinajstić information content (AvgIpc) is 2.95. The van der Waals surface area contributed by atoms with E-state index in [1.807, 2.05) is 24.3 Å². The fourth-order valence-electron chi connectivity index (χ4n) is 1.96. The van der Waals surface area contributed by atoms with Crippen molar-refractivity contribution >= 4 is 39.0 Å². The molecule has 3 rings (SSSR count). The van der Waals surface area contributed by atoms with Gasteiger partial charge in [-0.25, -0.2) is 0 Å². The molecule has 0 radical (unpaired) electrons. The summed E-state index contributed by atoms with van der Waals surface area (Å²) in [5, 5.41) is 9.72. The molecule has 0 unspecified atom stereocenters. The van der Waals surface area contributed by atoms with Crippen molar-refractivity contribution in [3.05, 3.63) is 64.6 Å². The first kappa shape index (κ1) is 15.2. The Balaban J connectivity index is 1.76. The molecule has 2 heterocycles. The maximum Gasteiger partial charge on any atom is 0.257 e. The summed E-state index contributed by atoms with van der Waals surface area (Å²) in [6.07, 6.45) is 3.12. The number of anilines is 3. The van der Waals surface area contributed by atoms with E-state index in [0.717, 1.165) is 4.47 Å². The summed E-state index contributed by atoms with van der Waals surface area (Å²) < 4.78 is 5.80. The Hall–Kier alpha value is -2.67. The summed E-state index contributed by atoms with van der Waals surface area (Å²) >= 11 is 3.40. The molecule has 23 heavy (non-hydrogen) atoms. The molecule has 0 aliphatic rings. The molecule has 2 aromatic heterocycles. The molecule has 0 fully saturated rings. The van der Waals surface area contributed by atoms with Crippen LogP contribution in [0.1, 0.15) is 16.1 Å². The van der Waals surface area contributed by atoms with Crippen molar-refractivity contribution in [2.75, 3.05) is 10.6 Å². The molecule has 116 valence electrons. The predicted octanol–water partition coefficient (Wildman–Crippen LogP) is 4.14. The minimum Gasteiger partial charge on any atom is -0.360 e. The topological polar surface area (TPSA) is 80.0 Å². The van der Waals surface area contributed by atoms with Gasteiger partial charge in [0.2, 0.25) is 0 Å². The smallest absolute Gasteiger partial charge is 0.257 e. The minimum atomic E-state index is -0.246. The number of halogens is 1. The third-order valence-electron chi connectivity index (χ3n) is 3.02. The lowest BCUT2D eigenvalue weighted by atomic mass is 10.2. The molecule has 0 spiro atoms. The molecule has 2 N–H and O–H groups in total. The van der Waals surface area contributed by atoms with E-state index in [1.165, 1.54) is 6.20 Å². The Morgan fingerprint density at radius 2 is 2.04 bits per heavy atom. The van der Waals surface area contributed by atoms with Crippen LogP contribution in [0.4, 0.5) is 17.2 Å². The maximum atomic E-state index is 12.3. The highest BCUT2D eigenvalue weighted by Gasteiger charge is 2.10. The van der Waals surface area contributed by atoms with Gasteiger partial charge < -0.3 is 15.2 Å². The highest BCUT2D eigenvalue weighted by molar-refractivity contribution is 9.10. The van der Waals surface area contributed by atoms with Crippen molar-refractivity contribution in [2.45, 2.75) is 6.92 Å². The van der Waals surface area contributed by atoms with Gasteiger partial charge in [-0.3, -0.25) is 9.78 Å². The van der Waals surface area contributed by atoms with Gasteiger partial charge in [0, 0.05) is 16.7 Å². The molecule has 0 aliphatic carbocycles. The van der Waals surface area contributed by atoms with E-state index in [-0.39, 0.29) is 5.91 Å². The zero-order chi connectivity index (χ0) is 16.2. The highest BCUT2D eigenvalue weighted by atomic mass is 79.9. The number of rotatable bonds is 4. The number of aromatic nitrogens is 2. The first-order chi connectivity index (χ1) is 11.1. The minimum absolute atomic E-state index is 0.246. The van der Waals surface area contributed by atoms with Gasteiger partial charge >= 0.3 is 0 Å². The lowest BCUT2D eigenvalue weighted by Crippen LogP contribution is -2.12. The summed E-state index contributed by atoms with van der Waals surface area (Å²) in [6.45, 7) is 1.80. The summed E-state index contributed by atoms with van der Waals surface area (Å²) in [6, 6.07) is 10.9. The molecule has 0 bridgehead atoms. The second-order valence-corrected chi connectivity index (χ2v) is 5.70. The van der Waals surface area contributed by atoms with E-state index in [4.69, 9.17) is 4.52 Å². The summed E-state index contributed by atoms with van der Waals surface area (Å²) in [5.41, 5.74) is 1.78. The summed E-state index contributed by atoms with van der Waals surface area (Å²) in [4.78, 5) is 16.4. The zero-order valence-electron chi connectivity index (χ0n) is 12.2. The van der Waals surface area contributed by atoms with Gasteiger partial charge in [-0.05, 0) is 41.1 Å². The standard InChI is InChI=1S/C16H13BrN4O2/c1-10-6-15(21-23-10)19-12-7-11(8-18-9-12)16(22)20-14-5-3-2-4-13(14)17/h2-9H,1H3,(H,19,21)(H,20,22). The summed E-state index contributed by atoms with van der Waals surface area (Å²) in [5.74, 6) is 1.01. The number of carbonyl (C=O) groups is 1. The predicted molar refractivity (Wildman–Crippen MR) is 90.9 cm³/mol. The number of nitrogens with zero attached hydrogens (tertiary/aromatic N) is 2. The van der Waals surface area contributed by atoms with Crippen LogP contribution >= 0.6 is 15.9 Å². The number of para-hydroxylation sites is 1. The van der Waals surface area contributed by atoms with Crippen LogP contribution in [0.3, 0.4) is 0 Å². The molecule has 0 atom stereocenters. The average molecular weight is 373 g/mol. The van der Waals surface area contributed by atoms with Crippen LogP contribution in [-0.2, 0) is 0 Å². The van der Waals surface area contributed by atoms with E-state index in [2.05, 4.69) is 36.7 Å². The number of hydrogen-bond donors (Lipinski definition) is 2. The van der Waals surface area contributed by atoms with Gasteiger partial charge in [-0.2, -0.15) is 0 Å². The number of benzene rings is 1. The van der Waals surface area contributed by atoms with Gasteiger partial charge in [0.15, 0.2) is 5.82 Å². The maximum absolute atomic E-state index is 12.3. The SMILES string of the molecule is Cc1cc(Nc2cncc(C(=O)Nc3ccccc3Br)c2)no1. The normalized spacial score (nSPS) is 10.3. The zero-order valence-corrected chi connectivity index (χ0v) is 13.8. The van der Waals surface area contributed by atoms with Crippen LogP contribution in [0.25, 0.3) is 0 Å². The van der Waals surface area contributed by atoms with Crippen LogP contribution in [0.5, 0.6) is 0 Å². The van der Waals surface area contributed by atoms with Crippen molar-refractivity contribution in [1.29, 1.82) is 0 Å². The van der Waals surface area contributed by atoms with Crippen LogP contribution in [-0.4, -0.2) is 16.0 Å². The molecule has 3 aromatic rings. The van der Waals surface area contributed by atoms with E-state index in [0.29, 0.717) is 28.5 Å². The Morgan fingerprint density at radius 1 is 1.22 bits per heavy atom. The number of hydrogen-bond acceptors (Lipinski definition) is 5. The molecule has 0 aliphatic heterocycles. The molecule has 1 aromatic carbocycles. The van der Waals surface area contributed by atoms with Gasteiger partial charge in [0.25, 0.3) is 5.91 Å². The number of nitrogens with one attached hydrogen (secondary N) is 2. The second-order valence-electron chi connectivity index (χ2n) is 4.84. The monoisotopic (exact) mass is 372 g/mol. The van der Waals surface area contributed by atoms with Crippen molar-refractivity contribution in [3.8, 4) is 0 Å². The Kier molecular flexibility index (Phi) is 4.38. The van der Waals surface area contributed by atoms with Gasteiger partial charge in [-0.1, -0.05) is 17.3 Å². The Morgan fingerprint density at radius 3 is 2.78 bits per heavy atom. The van der Waals surface area contributed by atoms with Crippen LogP contribution in [0, 0.1) is 6.92 Å². The molecule has 1 amide bonds. The van der Waals surface area contributed by atoms with Crippen LogP contribution in [0.15, 0.2) is 57.8 Å². The molecular weight excluding hydrogens is 360 g/mol. The number of amides is 1. The van der Waals surface area contributed by atoms with Crippen molar-refractivity contribution in [2.24, 2.45) is 0 Å². The molecule has 0 saturated carbocycles. The lowest BCUT2D eigenvalue weighted by molar-refractivity contribution is 0.102. The van der Waals surface area contributed by atoms with Crippen molar-refractivity contribution < 1.29 is 9.32 Å². The first-order valence-corrected chi connectivity index (χ1v) is 7.62. The number of pyridine rings is 1. The van der Waals surface area contributed by atoms with Crippen molar-refractivity contribution in [1.82, 2.24) is 10.1 Å². The number of carbonyl (C=O) groups excluding carboxylic acids is 1. The van der Waals surface area contributed by atoms with Gasteiger partial charge in [0.05, 0.1) is 23.1 Å². The fourth-order valence-corrected chi connectivity index (χ4v) is 2.35. The van der Waals surface area contributed by atoms with E-state index < -0.39 is 0 Å². The van der Waals surface area contributed by atoms with Crippen molar-refractivity contribution in [3.63, 3.8) is 0 Å². The molecular formula is C16H13BrN4O2. The third-order valence-corrected chi connectivity index (χ3v) is 3.71. The fraction of sp³-hybridized carbons (Fsp3) is 0.0625. The molecule has 7 heteroatoms. The third kappa shape index (κ3) is 3.75. The molecule has 6 nitrogen and oxygen atoms in total. The Bertz CT molecular complexity index is 847. The highest BCUT2D eigenvalue weighted by Crippen LogP contribution is 2.22. The van der Waals surface area contributed by atoms with E-state index in [9.17, 15) is 4.79 Å². The van der Waals surface area contributed by atoms with Gasteiger partial charge in [-0.15, -0.1) is 0 Å². The Labute approximate surface area is 141 Å². The van der Waals surface area contributed by atoms with E-state index in [1.54, 1.807) is 25.3 Å². The molecule has 0 saturated heterocycles. The lowest BCUT2D eigenvalue weighted by Gasteiger charge is -2.08. The largest absolute Gasteiger partial charge is 0.360 e.